The number of piperazine rings is 2. The van der Waals surface area contributed by atoms with Gasteiger partial charge in [0, 0.05) is 102 Å². The van der Waals surface area contributed by atoms with Crippen LogP contribution in [0.5, 0.6) is 0 Å². The Balaban J connectivity index is 0.000000704. The number of H-pyrrole nitrogens is 1. The second kappa shape index (κ2) is 38.1. The summed E-state index contributed by atoms with van der Waals surface area (Å²) in [5, 5.41) is 29.0. The van der Waals surface area contributed by atoms with E-state index in [1.54, 1.807) is 8.61 Å². The molecule has 5 aromatic rings. The van der Waals surface area contributed by atoms with Gasteiger partial charge in [-0.2, -0.15) is 23.8 Å². The van der Waals surface area contributed by atoms with Gasteiger partial charge in [0.15, 0.2) is 0 Å². The van der Waals surface area contributed by atoms with Crippen LogP contribution in [0.3, 0.4) is 0 Å². The topological polar surface area (TPSA) is 250 Å². The van der Waals surface area contributed by atoms with Crippen molar-refractivity contribution in [3.05, 3.63) is 139 Å². The van der Waals surface area contributed by atoms with Gasteiger partial charge in [0.1, 0.15) is 0 Å². The molecule has 1 aromatic heterocycles. The molecular weight excluding hydrogens is 1250 g/mol. The first-order chi connectivity index (χ1) is 37.3. The maximum absolute atomic E-state index is 13.0. The fourth-order valence-electron chi connectivity index (χ4n) is 10.8. The Morgan fingerprint density at radius 2 is 1.00 bits per heavy atom. The predicted molar refractivity (Wildman–Crippen MR) is 322 cm³/mol. The van der Waals surface area contributed by atoms with Crippen molar-refractivity contribution in [2.24, 2.45) is 4.99 Å². The summed E-state index contributed by atoms with van der Waals surface area (Å²) in [5.41, 5.74) is 10.2. The zero-order chi connectivity index (χ0) is 56.4. The molecule has 4 saturated heterocycles. The van der Waals surface area contributed by atoms with Crippen molar-refractivity contribution in [1.82, 2.24) is 38.9 Å². The van der Waals surface area contributed by atoms with Crippen molar-refractivity contribution < 1.29 is 136 Å². The van der Waals surface area contributed by atoms with Crippen LogP contribution in [-0.4, -0.2) is 165 Å². The van der Waals surface area contributed by atoms with E-state index in [-0.39, 0.29) is 155 Å². The van der Waals surface area contributed by atoms with Crippen LogP contribution < -0.4 is 124 Å². The Labute approximate surface area is 597 Å². The number of hydrogen-bond acceptors (Lipinski definition) is 16. The summed E-state index contributed by atoms with van der Waals surface area (Å²) in [6.45, 7) is 8.66. The maximum atomic E-state index is 13.0. The van der Waals surface area contributed by atoms with Crippen LogP contribution in [0.15, 0.2) is 102 Å². The van der Waals surface area contributed by atoms with Gasteiger partial charge in [-0.05, 0) is 135 Å². The fraction of sp³-hybridized carbons (Fsp3) is 0.463. The molecule has 4 atom stereocenters. The number of aliphatic imine (C=N–C) groups is 1. The maximum Gasteiger partial charge on any atom is 1.00 e. The standard InChI is InChI=1S/C26H33Cl2N7O2S.C24H31Cl2N3O2S.C2H2N2.CH2O3.CH4.ClH.2K.H/c1-38(36,37)35-17-23(14-18-2-6-20(27)7-3-18)34(16-24(35)15-19-4-8-21(28)9-5-19)22-10-12-33(13-11-22)26-30-25(29)31-32-26;1-32(30,31)29-17-23(14-18-2-6-20(25)7-3-18)28(22-10-12-27-13-11-22)16-24(29)15-19-4-8-21(26)9-5-19;1-4-2-3;2-1-4-3;;;;;/h2-9,22-24H,10-17H2,1H3,(H3,29,30,31,32);2-9,22-24,27H,10-17H2,1H3;1H2;1,3H;1H4;1H;;;/q;;;;;;2*+1;-1/p-1. The van der Waals surface area contributed by atoms with Crippen LogP contribution in [0.4, 0.5) is 11.9 Å². The van der Waals surface area contributed by atoms with Crippen molar-refractivity contribution >= 4 is 104 Å². The number of nitrogens with one attached hydrogen (secondary N) is 2. The fourth-order valence-corrected chi connectivity index (χ4v) is 13.6. The molecule has 0 bridgehead atoms. The average Bonchev–Trinajstić information content (AvgIpc) is 3.89. The largest absolute Gasteiger partial charge is 1.00 e. The number of aromatic nitrogens is 3. The Morgan fingerprint density at radius 3 is 1.28 bits per heavy atom. The molecule has 0 spiro atoms. The van der Waals surface area contributed by atoms with E-state index in [9.17, 15) is 16.8 Å². The van der Waals surface area contributed by atoms with E-state index in [0.29, 0.717) is 76.5 Å². The summed E-state index contributed by atoms with van der Waals surface area (Å²) in [5.74, 6) is 0.938. The van der Waals surface area contributed by atoms with Gasteiger partial charge < -0.3 is 27.5 Å². The van der Waals surface area contributed by atoms with Crippen molar-refractivity contribution in [2.75, 3.05) is 75.5 Å². The molecule has 0 radical (unpaired) electrons. The number of rotatable bonds is 14. The molecule has 0 amide bonds. The molecule has 440 valence electrons. The number of aromatic amines is 1. The molecule has 0 aliphatic carbocycles. The van der Waals surface area contributed by atoms with Gasteiger partial charge in [0.25, 0.3) is 6.47 Å². The number of anilines is 2. The summed E-state index contributed by atoms with van der Waals surface area (Å²) in [7, 11) is -6.75. The van der Waals surface area contributed by atoms with Crippen molar-refractivity contribution in [2.45, 2.75) is 95.0 Å². The number of nitriles is 1. The molecule has 5 heterocycles. The molecule has 4 N–H and O–H groups in total. The van der Waals surface area contributed by atoms with Crippen LogP contribution in [0, 0.1) is 11.5 Å². The number of nitrogens with two attached hydrogens (primary N) is 1. The first kappa shape index (κ1) is 76.7. The van der Waals surface area contributed by atoms with Crippen molar-refractivity contribution in [3.8, 4) is 6.19 Å². The van der Waals surface area contributed by atoms with Crippen LogP contribution in [0.2, 0.25) is 20.1 Å². The molecule has 28 heteroatoms. The van der Waals surface area contributed by atoms with E-state index in [0.717, 1.165) is 87.9 Å². The van der Waals surface area contributed by atoms with E-state index in [2.05, 4.69) is 51.8 Å². The van der Waals surface area contributed by atoms with Gasteiger partial charge in [-0.3, -0.25) is 14.6 Å². The van der Waals surface area contributed by atoms with Gasteiger partial charge in [-0.1, -0.05) is 102 Å². The minimum atomic E-state index is -3.41. The molecular formula is C54H73Cl5K2N12O7S2. The molecule has 4 unspecified atom stereocenters. The Hall–Kier alpha value is -1.37. The molecule has 19 nitrogen and oxygen atoms in total. The van der Waals surface area contributed by atoms with Gasteiger partial charge in [-0.25, -0.2) is 21.9 Å². The summed E-state index contributed by atoms with van der Waals surface area (Å²) in [6, 6.07) is 31.9. The first-order valence-electron chi connectivity index (χ1n) is 25.4. The number of halogens is 5. The second-order valence-electron chi connectivity index (χ2n) is 19.7. The number of benzene rings is 4. The smallest absolute Gasteiger partial charge is 1.00 e. The molecule has 82 heavy (non-hydrogen) atoms. The third-order valence-corrected chi connectivity index (χ3v) is 18.0. The molecule has 4 aliphatic rings. The molecule has 9 rings (SSSR count). The summed E-state index contributed by atoms with van der Waals surface area (Å²) in [6.07, 6.45) is 11.0. The monoisotopic (exact) mass is 1320 g/mol. The third kappa shape index (κ3) is 24.3. The Morgan fingerprint density at radius 1 is 0.683 bits per heavy atom. The number of sulfonamides is 2. The quantitative estimate of drug-likeness (QED) is 0.0352. The van der Waals surface area contributed by atoms with E-state index in [1.165, 1.54) is 24.3 Å². The molecule has 4 fully saturated rings. The van der Waals surface area contributed by atoms with Crippen LogP contribution in [0.25, 0.3) is 0 Å². The normalized spacial score (nSPS) is 20.0. The summed E-state index contributed by atoms with van der Waals surface area (Å²) in [4.78, 5) is 25.6. The number of carbonyl (C=O) groups is 1. The molecule has 4 aliphatic heterocycles. The second-order valence-corrected chi connectivity index (χ2v) is 25.3. The van der Waals surface area contributed by atoms with Gasteiger partial charge in [0.05, 0.1) is 12.5 Å². The minimum absolute atomic E-state index is 0. The van der Waals surface area contributed by atoms with E-state index >= 15 is 0 Å². The minimum Gasteiger partial charge on any atom is -1.00 e. The number of carbonyl (C=O) groups excluding carboxylic acids is 1. The van der Waals surface area contributed by atoms with Crippen molar-refractivity contribution in [1.29, 1.82) is 5.26 Å². The van der Waals surface area contributed by atoms with Crippen molar-refractivity contribution in [3.63, 3.8) is 0 Å². The zero-order valence-electron chi connectivity index (χ0n) is 47.0. The first-order valence-corrected chi connectivity index (χ1v) is 30.6. The predicted octanol–water partition coefficient (Wildman–Crippen LogP) is 1.09. The number of nitrogens with zero attached hydrogens (tertiary/aromatic N) is 9. The summed E-state index contributed by atoms with van der Waals surface area (Å²) >= 11 is 24.4. The van der Waals surface area contributed by atoms with Crippen LogP contribution >= 0.6 is 58.8 Å². The van der Waals surface area contributed by atoms with E-state index in [4.69, 9.17) is 67.5 Å². The van der Waals surface area contributed by atoms with Gasteiger partial charge in [-0.15, -0.1) is 17.5 Å². The Bertz CT molecular complexity index is 2950. The van der Waals surface area contributed by atoms with Gasteiger partial charge >= 0.3 is 103 Å². The SMILES string of the molecule is C.C=NC#N.CS(=O)(=O)N1CC(Cc2ccc(Cl)cc2)N(C2CCN(c3n[nH]c(N)n3)CC2)CC1Cc1ccc(Cl)cc1.CS(=O)(=O)N1CC(Cc2ccc(Cl)cc2)N(C2CCNCC2)CC1Cc1ccc(Cl)cc1.Cl.O=CO[O-].[H-].[K+].[K+]. The van der Waals surface area contributed by atoms with Crippen LogP contribution in [0.1, 0.15) is 56.8 Å². The third-order valence-electron chi connectivity index (χ3n) is 14.4. The zero-order valence-corrected chi connectivity index (χ0v) is 57.7. The van der Waals surface area contributed by atoms with E-state index < -0.39 is 20.0 Å². The average molecular weight is 1320 g/mol. The summed E-state index contributed by atoms with van der Waals surface area (Å²) < 4.78 is 55.1. The number of hydrogen-bond donors (Lipinski definition) is 3. The van der Waals surface area contributed by atoms with Crippen LogP contribution in [-0.2, 0) is 55.4 Å². The Kier molecular flexibility index (Phi) is 35.7. The van der Waals surface area contributed by atoms with Gasteiger partial charge in [0.2, 0.25) is 38.1 Å². The molecule has 4 aromatic carbocycles. The number of nitrogen functional groups attached to an aromatic ring is 1. The van der Waals surface area contributed by atoms with E-state index in [1.807, 2.05) is 97.1 Å². The molecule has 0 saturated carbocycles. The number of piperidine rings is 2.